The molecule has 8 nitrogen and oxygen atoms in total. The maximum atomic E-state index is 8.87. The summed E-state index contributed by atoms with van der Waals surface area (Å²) in [5.74, 6) is 1.99. The summed E-state index contributed by atoms with van der Waals surface area (Å²) >= 11 is 0. The number of nitrogen functional groups attached to an aromatic ring is 1. The maximum absolute atomic E-state index is 8.87. The molecule has 3 aromatic rings. The van der Waals surface area contributed by atoms with Crippen LogP contribution in [0.4, 0.5) is 17.6 Å². The maximum Gasteiger partial charge on any atom is 0.248 e. The molecule has 3 N–H and O–H groups in total. The van der Waals surface area contributed by atoms with Crippen LogP contribution >= 0.6 is 0 Å². The summed E-state index contributed by atoms with van der Waals surface area (Å²) in [7, 11) is 0. The summed E-state index contributed by atoms with van der Waals surface area (Å²) < 4.78 is 12.6. The van der Waals surface area contributed by atoms with E-state index in [0.717, 1.165) is 11.4 Å². The molecule has 2 heterocycles. The summed E-state index contributed by atoms with van der Waals surface area (Å²) in [5, 5.41) is 16.3. The second-order valence-electron chi connectivity index (χ2n) is 5.35. The van der Waals surface area contributed by atoms with Crippen molar-refractivity contribution >= 4 is 17.6 Å². The standard InChI is InChI=1S/C17H14N6O2/c18-10-11-1-4-13(5-2-11)23-16(19)21-17(22-23)20-12-3-6-14-15(9-12)25-8-7-24-14/h1-6,9H,7-8H2,(H3,19,20,21,22). The summed E-state index contributed by atoms with van der Waals surface area (Å²) in [5.41, 5.74) is 8.00. The van der Waals surface area contributed by atoms with Crippen molar-refractivity contribution in [3.8, 4) is 23.3 Å². The first-order valence-electron chi connectivity index (χ1n) is 7.63. The zero-order valence-corrected chi connectivity index (χ0v) is 13.1. The number of anilines is 3. The van der Waals surface area contributed by atoms with Crippen LogP contribution in [0.3, 0.4) is 0 Å². The molecule has 8 heteroatoms. The fourth-order valence-electron chi connectivity index (χ4n) is 2.49. The van der Waals surface area contributed by atoms with Gasteiger partial charge in [-0.15, -0.1) is 5.10 Å². The predicted octanol–water partition coefficient (Wildman–Crippen LogP) is 2.24. The van der Waals surface area contributed by atoms with E-state index in [1.165, 1.54) is 4.68 Å². The molecule has 0 radical (unpaired) electrons. The summed E-state index contributed by atoms with van der Waals surface area (Å²) in [6.45, 7) is 1.07. The summed E-state index contributed by atoms with van der Waals surface area (Å²) in [4.78, 5) is 4.22. The lowest BCUT2D eigenvalue weighted by molar-refractivity contribution is 0.171. The zero-order chi connectivity index (χ0) is 17.2. The molecular formula is C17H14N6O2. The summed E-state index contributed by atoms with van der Waals surface area (Å²) in [6.07, 6.45) is 0. The van der Waals surface area contributed by atoms with Crippen molar-refractivity contribution in [2.75, 3.05) is 24.3 Å². The third-order valence-corrected chi connectivity index (χ3v) is 3.67. The van der Waals surface area contributed by atoms with Gasteiger partial charge in [-0.25, -0.2) is 0 Å². The van der Waals surface area contributed by atoms with E-state index in [2.05, 4.69) is 21.5 Å². The fraction of sp³-hybridized carbons (Fsp3) is 0.118. The monoisotopic (exact) mass is 334 g/mol. The molecule has 0 bridgehead atoms. The molecule has 0 amide bonds. The minimum Gasteiger partial charge on any atom is -0.486 e. The number of aromatic nitrogens is 3. The Kier molecular flexibility index (Phi) is 3.59. The van der Waals surface area contributed by atoms with Gasteiger partial charge in [-0.2, -0.15) is 14.9 Å². The number of nitrogens with zero attached hydrogens (tertiary/aromatic N) is 4. The van der Waals surface area contributed by atoms with E-state index >= 15 is 0 Å². The lowest BCUT2D eigenvalue weighted by Crippen LogP contribution is -2.15. The van der Waals surface area contributed by atoms with Crippen molar-refractivity contribution in [1.82, 2.24) is 14.8 Å². The molecule has 0 unspecified atom stereocenters. The van der Waals surface area contributed by atoms with Gasteiger partial charge in [0.1, 0.15) is 13.2 Å². The quantitative estimate of drug-likeness (QED) is 0.755. The van der Waals surface area contributed by atoms with Crippen molar-refractivity contribution < 1.29 is 9.47 Å². The van der Waals surface area contributed by atoms with Crippen molar-refractivity contribution in [2.24, 2.45) is 0 Å². The Balaban J connectivity index is 1.59. The van der Waals surface area contributed by atoms with Crippen molar-refractivity contribution in [3.05, 3.63) is 48.0 Å². The molecular weight excluding hydrogens is 320 g/mol. The molecule has 0 saturated heterocycles. The lowest BCUT2D eigenvalue weighted by atomic mass is 10.2. The average Bonchev–Trinajstić information content (AvgIpc) is 3.02. The number of nitriles is 1. The molecule has 2 aromatic carbocycles. The number of hydrogen-bond acceptors (Lipinski definition) is 7. The zero-order valence-electron chi connectivity index (χ0n) is 13.1. The second kappa shape index (κ2) is 6.05. The molecule has 0 saturated carbocycles. The van der Waals surface area contributed by atoms with Gasteiger partial charge in [0.05, 0.1) is 17.3 Å². The van der Waals surface area contributed by atoms with Gasteiger partial charge in [0, 0.05) is 11.8 Å². The molecule has 0 spiro atoms. The number of rotatable bonds is 3. The van der Waals surface area contributed by atoms with Crippen molar-refractivity contribution in [2.45, 2.75) is 0 Å². The Labute approximate surface area is 143 Å². The van der Waals surface area contributed by atoms with Gasteiger partial charge in [0.2, 0.25) is 11.9 Å². The van der Waals surface area contributed by atoms with Gasteiger partial charge < -0.3 is 20.5 Å². The van der Waals surface area contributed by atoms with E-state index < -0.39 is 0 Å². The minimum absolute atomic E-state index is 0.241. The number of ether oxygens (including phenoxy) is 2. The van der Waals surface area contributed by atoms with Gasteiger partial charge in [0.15, 0.2) is 11.5 Å². The van der Waals surface area contributed by atoms with Crippen molar-refractivity contribution in [1.29, 1.82) is 5.26 Å². The molecule has 4 rings (SSSR count). The average molecular weight is 334 g/mol. The van der Waals surface area contributed by atoms with Gasteiger partial charge in [-0.05, 0) is 36.4 Å². The lowest BCUT2D eigenvalue weighted by Gasteiger charge is -2.18. The number of nitrogens with one attached hydrogen (secondary N) is 1. The highest BCUT2D eigenvalue weighted by molar-refractivity contribution is 5.60. The topological polar surface area (TPSA) is 111 Å². The molecule has 0 atom stereocenters. The van der Waals surface area contributed by atoms with Crippen LogP contribution < -0.4 is 20.5 Å². The van der Waals surface area contributed by atoms with Crippen molar-refractivity contribution in [3.63, 3.8) is 0 Å². The third kappa shape index (κ3) is 2.90. The van der Waals surface area contributed by atoms with Gasteiger partial charge >= 0.3 is 0 Å². The molecule has 124 valence electrons. The minimum atomic E-state index is 0.241. The Morgan fingerprint density at radius 2 is 1.84 bits per heavy atom. The highest BCUT2D eigenvalue weighted by Gasteiger charge is 2.13. The SMILES string of the molecule is N#Cc1ccc(-n2nc(Nc3ccc4c(c3)OCCO4)nc2N)cc1. The van der Waals surface area contributed by atoms with E-state index in [-0.39, 0.29) is 5.95 Å². The second-order valence-corrected chi connectivity index (χ2v) is 5.35. The first kappa shape index (κ1) is 14.8. The van der Waals surface area contributed by atoms with Crippen LogP contribution in [0, 0.1) is 11.3 Å². The van der Waals surface area contributed by atoms with Gasteiger partial charge in [0.25, 0.3) is 0 Å². The van der Waals surface area contributed by atoms with Crippen LogP contribution in [-0.4, -0.2) is 28.0 Å². The largest absolute Gasteiger partial charge is 0.486 e. The smallest absolute Gasteiger partial charge is 0.248 e. The van der Waals surface area contributed by atoms with Crippen LogP contribution in [0.5, 0.6) is 11.5 Å². The molecule has 0 fully saturated rings. The Bertz CT molecular complexity index is 958. The van der Waals surface area contributed by atoms with Crippen LogP contribution in [-0.2, 0) is 0 Å². The molecule has 1 aliphatic rings. The number of nitrogens with two attached hydrogens (primary N) is 1. The van der Waals surface area contributed by atoms with E-state index in [1.54, 1.807) is 24.3 Å². The van der Waals surface area contributed by atoms with Gasteiger partial charge in [-0.3, -0.25) is 0 Å². The van der Waals surface area contributed by atoms with E-state index in [0.29, 0.717) is 36.2 Å². The first-order valence-corrected chi connectivity index (χ1v) is 7.63. The van der Waals surface area contributed by atoms with Crippen LogP contribution in [0.15, 0.2) is 42.5 Å². The van der Waals surface area contributed by atoms with Crippen LogP contribution in [0.25, 0.3) is 5.69 Å². The van der Waals surface area contributed by atoms with E-state index in [4.69, 9.17) is 20.5 Å². The van der Waals surface area contributed by atoms with Gasteiger partial charge in [-0.1, -0.05) is 0 Å². The fourth-order valence-corrected chi connectivity index (χ4v) is 2.49. The van der Waals surface area contributed by atoms with E-state index in [9.17, 15) is 0 Å². The molecule has 25 heavy (non-hydrogen) atoms. The highest BCUT2D eigenvalue weighted by Crippen LogP contribution is 2.33. The third-order valence-electron chi connectivity index (χ3n) is 3.67. The number of fused-ring (bicyclic) bond motifs is 1. The van der Waals surface area contributed by atoms with E-state index in [1.807, 2.05) is 18.2 Å². The molecule has 1 aromatic heterocycles. The first-order chi connectivity index (χ1) is 12.2. The normalized spacial score (nSPS) is 12.4. The summed E-state index contributed by atoms with van der Waals surface area (Å²) in [6, 6.07) is 14.5. The van der Waals surface area contributed by atoms with Crippen LogP contribution in [0.2, 0.25) is 0 Å². The Morgan fingerprint density at radius 1 is 1.08 bits per heavy atom. The Hall–Kier alpha value is -3.73. The number of hydrogen-bond donors (Lipinski definition) is 2. The molecule has 1 aliphatic heterocycles. The van der Waals surface area contributed by atoms with Crippen LogP contribution in [0.1, 0.15) is 5.56 Å². The Morgan fingerprint density at radius 3 is 2.60 bits per heavy atom. The highest BCUT2D eigenvalue weighted by atomic mass is 16.6. The molecule has 0 aliphatic carbocycles. The number of benzene rings is 2. The predicted molar refractivity (Wildman–Crippen MR) is 91.2 cm³/mol.